The smallest absolute Gasteiger partial charge is 0.331 e. The van der Waals surface area contributed by atoms with Gasteiger partial charge in [0.2, 0.25) is 5.91 Å². The Labute approximate surface area is 205 Å². The molecule has 0 spiro atoms. The van der Waals surface area contributed by atoms with Crippen LogP contribution in [0.25, 0.3) is 10.2 Å². The molecule has 10 heteroatoms. The quantitative estimate of drug-likeness (QED) is 0.350. The molecule has 1 fully saturated rings. The van der Waals surface area contributed by atoms with Crippen molar-refractivity contribution in [2.75, 3.05) is 23.3 Å². The summed E-state index contributed by atoms with van der Waals surface area (Å²) in [6.07, 6.45) is 3.61. The highest BCUT2D eigenvalue weighted by molar-refractivity contribution is 7.19. The average molecular weight is 498 g/mol. The van der Waals surface area contributed by atoms with Crippen LogP contribution in [0.5, 0.6) is 0 Å². The van der Waals surface area contributed by atoms with Crippen molar-refractivity contribution in [2.24, 2.45) is 0 Å². The molecular formula is C24H24ClN5O3S. The number of carbonyl (C=O) groups excluding carboxylic acids is 2. The number of hydrogen-bond acceptors (Lipinski definition) is 6. The fourth-order valence-corrected chi connectivity index (χ4v) is 5.76. The number of pyridine rings is 1. The number of carbonyl (C=O) groups is 2. The Bertz CT molecular complexity index is 1310. The van der Waals surface area contributed by atoms with Gasteiger partial charge in [-0.25, -0.2) is 9.78 Å². The van der Waals surface area contributed by atoms with Crippen molar-refractivity contribution in [3.63, 3.8) is 0 Å². The van der Waals surface area contributed by atoms with Gasteiger partial charge in [-0.15, -0.1) is 11.3 Å². The standard InChI is InChI=1S/C24H24ClN5O3S/c1-3-18(31)29-10-4-5-14(12-29)27-22(32)21-20-19-17(8-9-26-23(19)34-21)30(24(33)28-20)15-7-6-13(2)16(25)11-15/h3,6-9,11,14,22,27,32H,1,4-5,10,12H2,2H3,(H,28,33)/t14-,22?/m1/s1. The highest BCUT2D eigenvalue weighted by Crippen LogP contribution is 2.47. The number of nitrogens with zero attached hydrogens (tertiary/aromatic N) is 3. The third-order valence-corrected chi connectivity index (χ3v) is 7.79. The van der Waals surface area contributed by atoms with Gasteiger partial charge in [-0.05, 0) is 49.6 Å². The molecule has 3 aromatic rings. The predicted molar refractivity (Wildman–Crippen MR) is 135 cm³/mol. The lowest BCUT2D eigenvalue weighted by Gasteiger charge is -2.34. The van der Waals surface area contributed by atoms with Gasteiger partial charge in [-0.2, -0.15) is 0 Å². The largest absolute Gasteiger partial charge is 0.373 e. The summed E-state index contributed by atoms with van der Waals surface area (Å²) in [5.41, 5.74) is 2.80. The zero-order chi connectivity index (χ0) is 24.0. The lowest BCUT2D eigenvalue weighted by molar-refractivity contribution is -0.127. The number of halogens is 1. The first-order valence-corrected chi connectivity index (χ1v) is 12.2. The normalized spacial score (nSPS) is 18.7. The van der Waals surface area contributed by atoms with Crippen molar-refractivity contribution in [1.29, 1.82) is 0 Å². The van der Waals surface area contributed by atoms with Gasteiger partial charge in [0, 0.05) is 30.4 Å². The second kappa shape index (κ2) is 8.99. The van der Waals surface area contributed by atoms with Gasteiger partial charge in [-0.1, -0.05) is 24.2 Å². The summed E-state index contributed by atoms with van der Waals surface area (Å²) in [6.45, 7) is 6.63. The number of hydrogen-bond donors (Lipinski definition) is 3. The van der Waals surface area contributed by atoms with Gasteiger partial charge in [0.15, 0.2) is 0 Å². The van der Waals surface area contributed by atoms with Crippen LogP contribution in [-0.4, -0.2) is 46.1 Å². The number of piperidine rings is 1. The Kier molecular flexibility index (Phi) is 6.03. The van der Waals surface area contributed by atoms with Crippen LogP contribution in [0.4, 0.5) is 21.9 Å². The summed E-state index contributed by atoms with van der Waals surface area (Å²) in [4.78, 5) is 34.3. The fraction of sp³-hybridized carbons (Fsp3) is 0.292. The summed E-state index contributed by atoms with van der Waals surface area (Å²) >= 11 is 7.65. The van der Waals surface area contributed by atoms with Crippen molar-refractivity contribution in [3.05, 3.63) is 58.6 Å². The van der Waals surface area contributed by atoms with Crippen molar-refractivity contribution in [2.45, 2.75) is 32.0 Å². The van der Waals surface area contributed by atoms with E-state index in [1.54, 1.807) is 28.1 Å². The maximum absolute atomic E-state index is 13.2. The second-order valence-electron chi connectivity index (χ2n) is 8.45. The molecule has 2 aliphatic heterocycles. The lowest BCUT2D eigenvalue weighted by Crippen LogP contribution is -2.48. The van der Waals surface area contributed by atoms with Crippen LogP contribution in [0.3, 0.4) is 0 Å². The van der Waals surface area contributed by atoms with E-state index < -0.39 is 6.23 Å². The van der Waals surface area contributed by atoms with E-state index in [2.05, 4.69) is 22.2 Å². The zero-order valence-electron chi connectivity index (χ0n) is 18.5. The van der Waals surface area contributed by atoms with Crippen LogP contribution >= 0.6 is 22.9 Å². The number of rotatable bonds is 5. The highest BCUT2D eigenvalue weighted by atomic mass is 35.5. The van der Waals surface area contributed by atoms with E-state index in [-0.39, 0.29) is 18.0 Å². The van der Waals surface area contributed by atoms with Gasteiger partial charge < -0.3 is 15.3 Å². The third kappa shape index (κ3) is 3.94. The zero-order valence-corrected chi connectivity index (χ0v) is 20.1. The Morgan fingerprint density at radius 1 is 1.44 bits per heavy atom. The van der Waals surface area contributed by atoms with E-state index in [9.17, 15) is 14.7 Å². The molecule has 34 heavy (non-hydrogen) atoms. The Hall–Kier alpha value is -2.98. The van der Waals surface area contributed by atoms with Crippen LogP contribution < -0.4 is 15.5 Å². The topological polar surface area (TPSA) is 97.8 Å². The monoisotopic (exact) mass is 497 g/mol. The number of aromatic nitrogens is 1. The summed E-state index contributed by atoms with van der Waals surface area (Å²) < 4.78 is 0. The Morgan fingerprint density at radius 2 is 2.26 bits per heavy atom. The molecule has 2 aromatic heterocycles. The summed E-state index contributed by atoms with van der Waals surface area (Å²) in [6, 6.07) is 6.85. The molecule has 1 unspecified atom stereocenters. The Balaban J connectivity index is 1.47. The minimum atomic E-state index is -1.02. The maximum Gasteiger partial charge on any atom is 0.331 e. The van der Waals surface area contributed by atoms with Crippen LogP contribution in [0.2, 0.25) is 5.02 Å². The molecule has 176 valence electrons. The number of nitrogens with one attached hydrogen (secondary N) is 2. The Morgan fingerprint density at radius 3 is 3.03 bits per heavy atom. The minimum absolute atomic E-state index is 0.0806. The van der Waals surface area contributed by atoms with E-state index in [1.165, 1.54) is 17.4 Å². The SMILES string of the molecule is C=CC(=O)N1CCC[C@@H](NC(O)c2sc3nccc4c3c2NC(=O)N4c2ccc(C)c(Cl)c2)C1. The first-order chi connectivity index (χ1) is 16.4. The molecule has 0 saturated carbocycles. The predicted octanol–water partition coefficient (Wildman–Crippen LogP) is 4.70. The number of likely N-dealkylation sites (tertiary alicyclic amines) is 1. The maximum atomic E-state index is 13.2. The van der Waals surface area contributed by atoms with E-state index in [1.807, 2.05) is 19.1 Å². The van der Waals surface area contributed by atoms with Crippen LogP contribution in [0.15, 0.2) is 43.1 Å². The lowest BCUT2D eigenvalue weighted by atomic mass is 10.0. The number of amides is 3. The minimum Gasteiger partial charge on any atom is -0.373 e. The summed E-state index contributed by atoms with van der Waals surface area (Å²) in [5, 5.41) is 18.6. The third-order valence-electron chi connectivity index (χ3n) is 6.24. The molecule has 3 N–H and O–H groups in total. The van der Waals surface area contributed by atoms with Crippen LogP contribution in [0, 0.1) is 6.92 Å². The number of anilines is 3. The molecule has 0 radical (unpaired) electrons. The van der Waals surface area contributed by atoms with Crippen LogP contribution in [-0.2, 0) is 4.79 Å². The van der Waals surface area contributed by atoms with Crippen molar-refractivity contribution < 1.29 is 14.7 Å². The van der Waals surface area contributed by atoms with Gasteiger partial charge in [0.25, 0.3) is 0 Å². The molecule has 1 saturated heterocycles. The van der Waals surface area contributed by atoms with E-state index in [0.29, 0.717) is 44.9 Å². The molecule has 3 amide bonds. The first kappa shape index (κ1) is 22.8. The molecular weight excluding hydrogens is 474 g/mol. The molecule has 4 heterocycles. The number of aliphatic hydroxyl groups is 1. The van der Waals surface area contributed by atoms with Gasteiger partial charge in [0.05, 0.1) is 27.3 Å². The molecule has 0 aliphatic carbocycles. The number of aliphatic hydroxyl groups excluding tert-OH is 1. The van der Waals surface area contributed by atoms with Crippen molar-refractivity contribution in [1.82, 2.24) is 15.2 Å². The van der Waals surface area contributed by atoms with Crippen molar-refractivity contribution in [3.8, 4) is 0 Å². The number of benzene rings is 1. The number of urea groups is 1. The van der Waals surface area contributed by atoms with Gasteiger partial charge in [-0.3, -0.25) is 15.0 Å². The van der Waals surface area contributed by atoms with E-state index >= 15 is 0 Å². The molecule has 1 aromatic carbocycles. The molecule has 8 nitrogen and oxygen atoms in total. The number of thiophene rings is 1. The molecule has 0 bridgehead atoms. The molecule has 5 rings (SSSR count). The molecule has 2 atom stereocenters. The fourth-order valence-electron chi connectivity index (χ4n) is 4.52. The molecule has 2 aliphatic rings. The summed E-state index contributed by atoms with van der Waals surface area (Å²) in [7, 11) is 0. The first-order valence-electron chi connectivity index (χ1n) is 11.0. The average Bonchev–Trinajstić information content (AvgIpc) is 3.20. The van der Waals surface area contributed by atoms with E-state index in [0.717, 1.165) is 23.8 Å². The second-order valence-corrected chi connectivity index (χ2v) is 9.89. The number of aryl methyl sites for hydroxylation is 1. The van der Waals surface area contributed by atoms with Crippen molar-refractivity contribution >= 4 is 62.2 Å². The highest BCUT2D eigenvalue weighted by Gasteiger charge is 2.33. The van der Waals surface area contributed by atoms with Gasteiger partial charge in [0.1, 0.15) is 11.1 Å². The van der Waals surface area contributed by atoms with Gasteiger partial charge >= 0.3 is 6.03 Å². The van der Waals surface area contributed by atoms with E-state index in [4.69, 9.17) is 11.6 Å². The van der Waals surface area contributed by atoms with Crippen LogP contribution in [0.1, 0.15) is 29.5 Å². The summed E-state index contributed by atoms with van der Waals surface area (Å²) in [5.74, 6) is -0.115.